The molecule has 3 nitrogen and oxygen atoms in total. The predicted octanol–water partition coefficient (Wildman–Crippen LogP) is 5.27. The Morgan fingerprint density at radius 2 is 2.15 bits per heavy atom. The third-order valence-electron chi connectivity index (χ3n) is 2.60. The Bertz CT molecular complexity index is 608. The Hall–Kier alpha value is -0.780. The lowest BCUT2D eigenvalue weighted by atomic mass is 10.2. The molecule has 0 bridgehead atoms. The van der Waals surface area contributed by atoms with E-state index in [0.717, 1.165) is 25.9 Å². The van der Waals surface area contributed by atoms with Gasteiger partial charge in [0.1, 0.15) is 5.75 Å². The topological polar surface area (TPSA) is 34.1 Å². The van der Waals surface area contributed by atoms with Gasteiger partial charge in [-0.05, 0) is 47.1 Å². The van der Waals surface area contributed by atoms with Gasteiger partial charge in [-0.3, -0.25) is 0 Å². The molecule has 0 saturated heterocycles. The van der Waals surface area contributed by atoms with E-state index in [2.05, 4.69) is 42.2 Å². The predicted molar refractivity (Wildman–Crippen MR) is 89.6 cm³/mol. The number of aromatic nitrogens is 1. The minimum absolute atomic E-state index is 0.458. The van der Waals surface area contributed by atoms with E-state index >= 15 is 0 Å². The lowest BCUT2D eigenvalue weighted by Crippen LogP contribution is -2.04. The molecular weight excluding hydrogens is 407 g/mol. The fourth-order valence-corrected chi connectivity index (χ4v) is 3.37. The van der Waals surface area contributed by atoms with Crippen LogP contribution in [0.2, 0.25) is 5.15 Å². The van der Waals surface area contributed by atoms with Gasteiger partial charge in [-0.1, -0.05) is 27.5 Å². The SMILES string of the molecule is CCOc1c(Br)cc(Br)cc1CNc1cccnc1Cl. The van der Waals surface area contributed by atoms with Crippen LogP contribution < -0.4 is 10.1 Å². The Morgan fingerprint density at radius 1 is 1.35 bits per heavy atom. The molecule has 2 rings (SSSR count). The average molecular weight is 421 g/mol. The summed E-state index contributed by atoms with van der Waals surface area (Å²) in [6, 6.07) is 7.72. The van der Waals surface area contributed by atoms with E-state index in [1.54, 1.807) is 6.20 Å². The minimum atomic E-state index is 0.458. The van der Waals surface area contributed by atoms with Crippen LogP contribution in [0.4, 0.5) is 5.69 Å². The van der Waals surface area contributed by atoms with Gasteiger partial charge in [0.2, 0.25) is 0 Å². The maximum Gasteiger partial charge on any atom is 0.152 e. The van der Waals surface area contributed by atoms with Crippen molar-refractivity contribution in [1.82, 2.24) is 4.98 Å². The van der Waals surface area contributed by atoms with Crippen molar-refractivity contribution in [2.75, 3.05) is 11.9 Å². The number of nitrogens with one attached hydrogen (secondary N) is 1. The average Bonchev–Trinajstić information content (AvgIpc) is 2.41. The zero-order chi connectivity index (χ0) is 14.5. The van der Waals surface area contributed by atoms with E-state index in [9.17, 15) is 0 Å². The molecule has 0 amide bonds. The van der Waals surface area contributed by atoms with Gasteiger partial charge in [0, 0.05) is 22.8 Å². The quantitative estimate of drug-likeness (QED) is 0.669. The lowest BCUT2D eigenvalue weighted by molar-refractivity contribution is 0.334. The molecule has 1 aromatic carbocycles. The summed E-state index contributed by atoms with van der Waals surface area (Å²) in [5.74, 6) is 0.836. The number of nitrogens with zero attached hydrogens (tertiary/aromatic N) is 1. The molecular formula is C14H13Br2ClN2O. The highest BCUT2D eigenvalue weighted by molar-refractivity contribution is 9.11. The first-order valence-electron chi connectivity index (χ1n) is 6.07. The van der Waals surface area contributed by atoms with Crippen molar-refractivity contribution >= 4 is 49.1 Å². The molecule has 0 spiro atoms. The zero-order valence-electron chi connectivity index (χ0n) is 10.8. The van der Waals surface area contributed by atoms with Crippen LogP contribution in [0.3, 0.4) is 0 Å². The molecule has 1 N–H and O–H groups in total. The van der Waals surface area contributed by atoms with E-state index in [1.807, 2.05) is 31.2 Å². The summed E-state index contributed by atoms with van der Waals surface area (Å²) in [5.41, 5.74) is 1.83. The second kappa shape index (κ2) is 7.29. The van der Waals surface area contributed by atoms with Crippen LogP contribution >= 0.6 is 43.5 Å². The van der Waals surface area contributed by atoms with Gasteiger partial charge in [0.15, 0.2) is 5.15 Å². The normalized spacial score (nSPS) is 10.4. The summed E-state index contributed by atoms with van der Waals surface area (Å²) < 4.78 is 7.59. The van der Waals surface area contributed by atoms with Gasteiger partial charge in [-0.2, -0.15) is 0 Å². The molecule has 0 radical (unpaired) electrons. The van der Waals surface area contributed by atoms with Crippen molar-refractivity contribution in [3.63, 3.8) is 0 Å². The first-order chi connectivity index (χ1) is 9.61. The van der Waals surface area contributed by atoms with Crippen molar-refractivity contribution in [2.45, 2.75) is 13.5 Å². The molecule has 20 heavy (non-hydrogen) atoms. The number of hydrogen-bond donors (Lipinski definition) is 1. The molecule has 106 valence electrons. The Labute approximate surface area is 140 Å². The van der Waals surface area contributed by atoms with E-state index in [-0.39, 0.29) is 0 Å². The highest BCUT2D eigenvalue weighted by Gasteiger charge is 2.10. The number of rotatable bonds is 5. The number of halogens is 3. The summed E-state index contributed by atoms with van der Waals surface area (Å²) in [6.45, 7) is 3.17. The van der Waals surface area contributed by atoms with Crippen LogP contribution in [0.5, 0.6) is 5.75 Å². The maximum atomic E-state index is 6.03. The van der Waals surface area contributed by atoms with Crippen LogP contribution in [0.25, 0.3) is 0 Å². The van der Waals surface area contributed by atoms with E-state index in [0.29, 0.717) is 18.3 Å². The molecule has 0 saturated carbocycles. The van der Waals surface area contributed by atoms with E-state index in [4.69, 9.17) is 16.3 Å². The zero-order valence-corrected chi connectivity index (χ0v) is 14.7. The molecule has 0 aliphatic heterocycles. The second-order valence-electron chi connectivity index (χ2n) is 4.00. The number of anilines is 1. The van der Waals surface area contributed by atoms with Crippen LogP contribution in [-0.2, 0) is 6.54 Å². The van der Waals surface area contributed by atoms with Gasteiger partial charge in [-0.25, -0.2) is 4.98 Å². The molecule has 2 aromatic rings. The number of pyridine rings is 1. The molecule has 0 fully saturated rings. The van der Waals surface area contributed by atoms with Crippen LogP contribution in [0.15, 0.2) is 39.4 Å². The van der Waals surface area contributed by atoms with Crippen molar-refractivity contribution in [3.05, 3.63) is 50.1 Å². The summed E-state index contributed by atoms with van der Waals surface area (Å²) in [5, 5.41) is 3.72. The molecule has 1 heterocycles. The van der Waals surface area contributed by atoms with Crippen molar-refractivity contribution in [3.8, 4) is 5.75 Å². The van der Waals surface area contributed by atoms with Crippen LogP contribution in [0, 0.1) is 0 Å². The second-order valence-corrected chi connectivity index (χ2v) is 6.13. The standard InChI is InChI=1S/C14H13Br2ClN2O/c1-2-20-13-9(6-10(15)7-11(13)16)8-19-12-4-3-5-18-14(12)17/h3-7,19H,2,8H2,1H3. The van der Waals surface area contributed by atoms with Gasteiger partial charge in [0.25, 0.3) is 0 Å². The Balaban J connectivity index is 2.22. The summed E-state index contributed by atoms with van der Waals surface area (Å²) in [7, 11) is 0. The number of ether oxygens (including phenoxy) is 1. The van der Waals surface area contributed by atoms with E-state index in [1.165, 1.54) is 0 Å². The van der Waals surface area contributed by atoms with Crippen molar-refractivity contribution < 1.29 is 4.74 Å². The number of hydrogen-bond acceptors (Lipinski definition) is 3. The molecule has 1 aromatic heterocycles. The van der Waals surface area contributed by atoms with E-state index < -0.39 is 0 Å². The fourth-order valence-electron chi connectivity index (χ4n) is 1.76. The van der Waals surface area contributed by atoms with Crippen LogP contribution in [0.1, 0.15) is 12.5 Å². The van der Waals surface area contributed by atoms with Gasteiger partial charge in [-0.15, -0.1) is 0 Å². The minimum Gasteiger partial charge on any atom is -0.492 e. The molecule has 6 heteroatoms. The summed E-state index contributed by atoms with van der Waals surface area (Å²) in [6.07, 6.45) is 1.66. The van der Waals surface area contributed by atoms with Crippen molar-refractivity contribution in [1.29, 1.82) is 0 Å². The van der Waals surface area contributed by atoms with Gasteiger partial charge < -0.3 is 10.1 Å². The largest absolute Gasteiger partial charge is 0.492 e. The van der Waals surface area contributed by atoms with Crippen LogP contribution in [-0.4, -0.2) is 11.6 Å². The summed E-state index contributed by atoms with van der Waals surface area (Å²) >= 11 is 13.0. The molecule has 0 unspecified atom stereocenters. The Kier molecular flexibility index (Phi) is 5.69. The fraction of sp³-hybridized carbons (Fsp3) is 0.214. The molecule has 0 aliphatic carbocycles. The monoisotopic (exact) mass is 418 g/mol. The van der Waals surface area contributed by atoms with Crippen molar-refractivity contribution in [2.24, 2.45) is 0 Å². The Morgan fingerprint density at radius 3 is 2.85 bits per heavy atom. The smallest absolute Gasteiger partial charge is 0.152 e. The number of benzene rings is 1. The summed E-state index contributed by atoms with van der Waals surface area (Å²) in [4.78, 5) is 4.04. The first kappa shape index (κ1) is 15.6. The third kappa shape index (κ3) is 3.87. The lowest BCUT2D eigenvalue weighted by Gasteiger charge is -2.14. The third-order valence-corrected chi connectivity index (χ3v) is 3.95. The molecule has 0 aliphatic rings. The van der Waals surface area contributed by atoms with Gasteiger partial charge >= 0.3 is 0 Å². The first-order valence-corrected chi connectivity index (χ1v) is 8.03. The molecule has 0 atom stereocenters. The van der Waals surface area contributed by atoms with Gasteiger partial charge in [0.05, 0.1) is 16.8 Å². The highest BCUT2D eigenvalue weighted by atomic mass is 79.9. The maximum absolute atomic E-state index is 6.03. The highest BCUT2D eigenvalue weighted by Crippen LogP contribution is 2.33.